The molecule has 2 fully saturated rings. The Bertz CT molecular complexity index is 1380. The first-order valence-electron chi connectivity index (χ1n) is 12.4. The molecule has 1 aliphatic heterocycles. The number of ether oxygens (including phenoxy) is 1. The van der Waals surface area contributed by atoms with E-state index in [9.17, 15) is 19.2 Å². The van der Waals surface area contributed by atoms with Gasteiger partial charge in [0.25, 0.3) is 0 Å². The highest BCUT2D eigenvalue weighted by Crippen LogP contribution is 2.47. The molecule has 4 atom stereocenters. The summed E-state index contributed by atoms with van der Waals surface area (Å²) >= 11 is 0. The predicted molar refractivity (Wildman–Crippen MR) is 136 cm³/mol. The van der Waals surface area contributed by atoms with Crippen molar-refractivity contribution in [2.45, 2.75) is 31.0 Å². The number of carbonyl (C=O) groups excluding carboxylic acids is 2. The van der Waals surface area contributed by atoms with Crippen LogP contribution in [0.5, 0.6) is 5.75 Å². The molecule has 1 aliphatic carbocycles. The Hall–Kier alpha value is -4.36. The van der Waals surface area contributed by atoms with Gasteiger partial charge in [-0.2, -0.15) is 5.26 Å². The van der Waals surface area contributed by atoms with Crippen molar-refractivity contribution in [3.63, 3.8) is 0 Å². The Morgan fingerprint density at radius 1 is 1.21 bits per heavy atom. The first-order chi connectivity index (χ1) is 18.5. The van der Waals surface area contributed by atoms with Crippen LogP contribution in [0, 0.1) is 17.2 Å². The van der Waals surface area contributed by atoms with Gasteiger partial charge in [0, 0.05) is 37.5 Å². The molecular formula is C28H26FN5O4. The Balaban J connectivity index is 1.25. The lowest BCUT2D eigenvalue weighted by molar-refractivity contribution is -0.138. The number of piperidine rings is 1. The van der Waals surface area contributed by atoms with Crippen molar-refractivity contribution in [3.8, 4) is 22.9 Å². The number of aliphatic hydroxyl groups excluding tert-OH is 1. The van der Waals surface area contributed by atoms with Crippen LogP contribution in [0.4, 0.5) is 10.2 Å². The fourth-order valence-electron chi connectivity index (χ4n) is 4.75. The summed E-state index contributed by atoms with van der Waals surface area (Å²) in [5, 5.41) is 21.6. The van der Waals surface area contributed by atoms with Crippen LogP contribution in [0.1, 0.15) is 29.9 Å². The highest BCUT2D eigenvalue weighted by molar-refractivity contribution is 5.95. The highest BCUT2D eigenvalue weighted by Gasteiger charge is 2.44. The van der Waals surface area contributed by atoms with E-state index in [0.717, 1.165) is 17.5 Å². The molecule has 9 nitrogen and oxygen atoms in total. The topological polar surface area (TPSA) is 128 Å². The average molecular weight is 516 g/mol. The van der Waals surface area contributed by atoms with Crippen LogP contribution in [-0.4, -0.2) is 63.8 Å². The van der Waals surface area contributed by atoms with Crippen LogP contribution < -0.4 is 10.1 Å². The number of pyridine rings is 2. The van der Waals surface area contributed by atoms with Gasteiger partial charge in [-0.25, -0.2) is 9.37 Å². The zero-order valence-electron chi connectivity index (χ0n) is 20.5. The minimum Gasteiger partial charge on any atom is -0.486 e. The van der Waals surface area contributed by atoms with Crippen molar-refractivity contribution >= 4 is 17.6 Å². The number of alkyl halides is 1. The van der Waals surface area contributed by atoms with Crippen molar-refractivity contribution in [1.82, 2.24) is 14.9 Å². The third kappa shape index (κ3) is 5.48. The van der Waals surface area contributed by atoms with Crippen molar-refractivity contribution in [3.05, 3.63) is 72.2 Å². The van der Waals surface area contributed by atoms with E-state index in [1.807, 2.05) is 12.1 Å². The molecule has 2 amide bonds. The third-order valence-electron chi connectivity index (χ3n) is 6.93. The number of nitrogens with one attached hydrogen (secondary N) is 1. The molecule has 2 aliphatic rings. The standard InChI is InChI=1S/C28H26FN5O4/c29-23-15-34(27(36)16-35)9-6-25(23)38-24-4-3-17(10-20(24)13-30)18-5-8-32-26(11-18)33-28(37)22-12-21(22)19-2-1-7-31-14-19/h1-5,7-8,10-11,14,21-23,25,35H,6,9,12,15-16H2,(H,32,33,37)/t21-,22?,23?,25?/m0/s1. The first kappa shape index (κ1) is 25.3. The van der Waals surface area contributed by atoms with E-state index in [1.165, 1.54) is 4.90 Å². The van der Waals surface area contributed by atoms with Gasteiger partial charge in [-0.05, 0) is 59.4 Å². The number of nitriles is 1. The second-order valence-corrected chi connectivity index (χ2v) is 9.44. The van der Waals surface area contributed by atoms with E-state index < -0.39 is 24.8 Å². The molecule has 0 bridgehead atoms. The summed E-state index contributed by atoms with van der Waals surface area (Å²) in [4.78, 5) is 34.0. The Kier molecular flexibility index (Phi) is 7.29. The fourth-order valence-corrected chi connectivity index (χ4v) is 4.75. The summed E-state index contributed by atoms with van der Waals surface area (Å²) in [6.45, 7) is -0.565. The number of anilines is 1. The molecular weight excluding hydrogens is 489 g/mol. The minimum absolute atomic E-state index is 0.0996. The first-order valence-corrected chi connectivity index (χ1v) is 12.4. The van der Waals surface area contributed by atoms with E-state index in [4.69, 9.17) is 9.84 Å². The maximum Gasteiger partial charge on any atom is 0.248 e. The molecule has 0 radical (unpaired) electrons. The zero-order chi connectivity index (χ0) is 26.6. The van der Waals surface area contributed by atoms with Crippen LogP contribution in [0.3, 0.4) is 0 Å². The Morgan fingerprint density at radius 3 is 2.79 bits per heavy atom. The summed E-state index contributed by atoms with van der Waals surface area (Å²) in [6.07, 6.45) is 3.83. The Labute approximate surface area is 218 Å². The van der Waals surface area contributed by atoms with Crippen LogP contribution in [0.15, 0.2) is 61.1 Å². The van der Waals surface area contributed by atoms with E-state index in [1.54, 1.807) is 48.9 Å². The molecule has 1 aromatic carbocycles. The van der Waals surface area contributed by atoms with Gasteiger partial charge in [-0.15, -0.1) is 0 Å². The molecule has 3 heterocycles. The smallest absolute Gasteiger partial charge is 0.248 e. The summed E-state index contributed by atoms with van der Waals surface area (Å²) in [5.41, 5.74) is 2.75. The number of rotatable bonds is 7. The number of carbonyl (C=O) groups is 2. The lowest BCUT2D eigenvalue weighted by atomic mass is 10.0. The van der Waals surface area contributed by atoms with E-state index in [2.05, 4.69) is 21.4 Å². The quantitative estimate of drug-likeness (QED) is 0.495. The summed E-state index contributed by atoms with van der Waals surface area (Å²) < 4.78 is 20.5. The molecule has 1 saturated carbocycles. The normalized spacial score (nSPS) is 22.3. The van der Waals surface area contributed by atoms with Crippen LogP contribution >= 0.6 is 0 Å². The summed E-state index contributed by atoms with van der Waals surface area (Å²) in [6, 6.07) is 14.5. The summed E-state index contributed by atoms with van der Waals surface area (Å²) in [7, 11) is 0. The van der Waals surface area contributed by atoms with Crippen molar-refractivity contribution in [2.24, 2.45) is 5.92 Å². The fraction of sp³-hybridized carbons (Fsp3) is 0.321. The summed E-state index contributed by atoms with van der Waals surface area (Å²) in [5.74, 6) is 0.0726. The van der Waals surface area contributed by atoms with Crippen molar-refractivity contribution in [1.29, 1.82) is 5.26 Å². The Morgan fingerprint density at radius 2 is 2.05 bits per heavy atom. The lowest BCUT2D eigenvalue weighted by Crippen LogP contribution is -2.50. The highest BCUT2D eigenvalue weighted by atomic mass is 19.1. The van der Waals surface area contributed by atoms with Gasteiger partial charge in [0.05, 0.1) is 12.1 Å². The molecule has 3 unspecified atom stereocenters. The average Bonchev–Trinajstić information content (AvgIpc) is 3.76. The minimum atomic E-state index is -1.44. The number of aliphatic hydroxyl groups is 1. The van der Waals surface area contributed by atoms with E-state index in [-0.39, 0.29) is 48.6 Å². The van der Waals surface area contributed by atoms with Gasteiger partial charge in [0.1, 0.15) is 30.3 Å². The van der Waals surface area contributed by atoms with Crippen LogP contribution in [0.2, 0.25) is 0 Å². The van der Waals surface area contributed by atoms with Gasteiger partial charge in [-0.1, -0.05) is 12.1 Å². The number of halogens is 1. The number of hydrogen-bond donors (Lipinski definition) is 2. The van der Waals surface area contributed by atoms with Crippen LogP contribution in [-0.2, 0) is 9.59 Å². The van der Waals surface area contributed by atoms with Crippen molar-refractivity contribution < 1.29 is 23.8 Å². The monoisotopic (exact) mass is 515 g/mol. The number of nitrogens with zero attached hydrogens (tertiary/aromatic N) is 4. The number of aromatic nitrogens is 2. The van der Waals surface area contributed by atoms with E-state index in [0.29, 0.717) is 11.4 Å². The lowest BCUT2D eigenvalue weighted by Gasteiger charge is -2.34. The molecule has 5 rings (SSSR count). The number of benzene rings is 1. The van der Waals surface area contributed by atoms with Gasteiger partial charge >= 0.3 is 0 Å². The number of amides is 2. The van der Waals surface area contributed by atoms with Gasteiger partial charge in [-0.3, -0.25) is 14.6 Å². The third-order valence-corrected chi connectivity index (χ3v) is 6.93. The molecule has 3 aromatic rings. The largest absolute Gasteiger partial charge is 0.486 e. The second kappa shape index (κ2) is 10.9. The molecule has 1 saturated heterocycles. The maximum atomic E-state index is 14.7. The van der Waals surface area contributed by atoms with Crippen LogP contribution in [0.25, 0.3) is 11.1 Å². The van der Waals surface area contributed by atoms with Gasteiger partial charge < -0.3 is 20.1 Å². The predicted octanol–water partition coefficient (Wildman–Crippen LogP) is 3.07. The molecule has 0 spiro atoms. The zero-order valence-corrected chi connectivity index (χ0v) is 20.5. The number of hydrogen-bond acceptors (Lipinski definition) is 7. The SMILES string of the molecule is N#Cc1cc(-c2ccnc(NC(=O)C3C[C@H]3c3cccnc3)c2)ccc1OC1CCN(C(=O)CO)CC1F. The molecule has 10 heteroatoms. The molecule has 194 valence electrons. The van der Waals surface area contributed by atoms with E-state index >= 15 is 0 Å². The van der Waals surface area contributed by atoms with Gasteiger partial charge in [0.15, 0.2) is 6.17 Å². The molecule has 2 N–H and O–H groups in total. The van der Waals surface area contributed by atoms with Crippen molar-refractivity contribution in [2.75, 3.05) is 25.0 Å². The maximum absolute atomic E-state index is 14.7. The molecule has 38 heavy (non-hydrogen) atoms. The van der Waals surface area contributed by atoms with Gasteiger partial charge in [0.2, 0.25) is 11.8 Å². The molecule has 2 aromatic heterocycles. The number of likely N-dealkylation sites (tertiary alicyclic amines) is 1. The second-order valence-electron chi connectivity index (χ2n) is 9.44.